The van der Waals surface area contributed by atoms with Gasteiger partial charge in [-0.05, 0) is 62.5 Å². The van der Waals surface area contributed by atoms with Crippen LogP contribution in [0, 0.1) is 6.92 Å². The first kappa shape index (κ1) is 18.8. The van der Waals surface area contributed by atoms with E-state index in [0.717, 1.165) is 51.8 Å². The Bertz CT molecular complexity index is 1090. The Hall–Kier alpha value is -3.51. The highest BCUT2D eigenvalue weighted by molar-refractivity contribution is 5.80. The molecule has 0 radical (unpaired) electrons. The maximum Gasteiger partial charge on any atom is 0.119 e. The lowest BCUT2D eigenvalue weighted by Gasteiger charge is -2.08. The molecule has 0 bridgehead atoms. The molecule has 0 spiro atoms. The van der Waals surface area contributed by atoms with Gasteiger partial charge in [0, 0.05) is 35.1 Å². The summed E-state index contributed by atoms with van der Waals surface area (Å²) in [4.78, 5) is 9.17. The third-order valence-corrected chi connectivity index (χ3v) is 4.62. The summed E-state index contributed by atoms with van der Waals surface area (Å²) >= 11 is 0. The molecule has 0 aliphatic heterocycles. The normalized spacial score (nSPS) is 10.8. The Labute approximate surface area is 170 Å². The van der Waals surface area contributed by atoms with Crippen molar-refractivity contribution in [1.82, 2.24) is 25.5 Å². The summed E-state index contributed by atoms with van der Waals surface area (Å²) in [5, 5.41) is 10.4. The van der Waals surface area contributed by atoms with Crippen LogP contribution in [0.4, 0.5) is 0 Å². The number of nitrogens with zero attached hydrogens (tertiary/aromatic N) is 3. The van der Waals surface area contributed by atoms with E-state index in [4.69, 9.17) is 4.74 Å². The van der Waals surface area contributed by atoms with Gasteiger partial charge in [-0.15, -0.1) is 0 Å². The molecule has 0 saturated carbocycles. The first-order valence-corrected chi connectivity index (χ1v) is 9.56. The molecule has 6 nitrogen and oxygen atoms in total. The van der Waals surface area contributed by atoms with Crippen LogP contribution >= 0.6 is 0 Å². The summed E-state index contributed by atoms with van der Waals surface area (Å²) in [6.07, 6.45) is 3.63. The van der Waals surface area contributed by atoms with E-state index in [9.17, 15) is 0 Å². The fourth-order valence-corrected chi connectivity index (χ4v) is 3.13. The van der Waals surface area contributed by atoms with E-state index >= 15 is 0 Å². The van der Waals surface area contributed by atoms with Gasteiger partial charge in [0.1, 0.15) is 12.4 Å². The van der Waals surface area contributed by atoms with Crippen LogP contribution in [-0.2, 0) is 0 Å². The number of nitrogens with one attached hydrogen (secondary N) is 2. The van der Waals surface area contributed by atoms with Crippen molar-refractivity contribution < 1.29 is 4.74 Å². The second-order valence-corrected chi connectivity index (χ2v) is 6.73. The zero-order chi connectivity index (χ0) is 20.1. The standard InChI is InChI=1S/C23H23N5O/c1-16-4-3-5-21(27-16)20-15-26-28-23(20)18-10-11-25-22(14-18)17-6-8-19(9-7-17)29-13-12-24-2/h3-11,14-15,24H,12-13H2,1-2H3,(H,26,28). The van der Waals surface area contributed by atoms with Crippen LogP contribution in [0.15, 0.2) is 67.0 Å². The van der Waals surface area contributed by atoms with Crippen LogP contribution in [0.5, 0.6) is 5.75 Å². The molecular weight excluding hydrogens is 362 g/mol. The van der Waals surface area contributed by atoms with E-state index in [0.29, 0.717) is 6.61 Å². The number of pyridine rings is 2. The molecule has 3 heterocycles. The van der Waals surface area contributed by atoms with Crippen LogP contribution in [0.1, 0.15) is 5.69 Å². The highest BCUT2D eigenvalue weighted by Crippen LogP contribution is 2.31. The number of benzene rings is 1. The smallest absolute Gasteiger partial charge is 0.119 e. The summed E-state index contributed by atoms with van der Waals surface area (Å²) in [6.45, 7) is 3.44. The Morgan fingerprint density at radius 3 is 2.66 bits per heavy atom. The molecule has 146 valence electrons. The largest absolute Gasteiger partial charge is 0.492 e. The SMILES string of the molecule is CNCCOc1ccc(-c2cc(-c3[nH]ncc3-c3cccc(C)n3)ccn2)cc1. The molecule has 4 rings (SSSR count). The average molecular weight is 385 g/mol. The van der Waals surface area contributed by atoms with E-state index in [2.05, 4.69) is 31.5 Å². The van der Waals surface area contributed by atoms with Crippen molar-refractivity contribution in [3.05, 3.63) is 72.7 Å². The monoisotopic (exact) mass is 385 g/mol. The van der Waals surface area contributed by atoms with Crippen molar-refractivity contribution in [3.63, 3.8) is 0 Å². The Kier molecular flexibility index (Phi) is 5.63. The zero-order valence-electron chi connectivity index (χ0n) is 16.5. The van der Waals surface area contributed by atoms with Gasteiger partial charge in [-0.2, -0.15) is 5.10 Å². The fourth-order valence-electron chi connectivity index (χ4n) is 3.13. The van der Waals surface area contributed by atoms with Gasteiger partial charge in [0.05, 0.1) is 23.3 Å². The molecule has 0 saturated heterocycles. The number of H-pyrrole nitrogens is 1. The van der Waals surface area contributed by atoms with Crippen LogP contribution in [0.3, 0.4) is 0 Å². The number of ether oxygens (including phenoxy) is 1. The van der Waals surface area contributed by atoms with Gasteiger partial charge in [-0.1, -0.05) is 6.07 Å². The Morgan fingerprint density at radius 2 is 1.86 bits per heavy atom. The number of aromatic amines is 1. The minimum absolute atomic E-state index is 0.638. The maximum absolute atomic E-state index is 5.69. The van der Waals surface area contributed by atoms with Gasteiger partial charge < -0.3 is 10.1 Å². The van der Waals surface area contributed by atoms with Crippen LogP contribution in [0.25, 0.3) is 33.8 Å². The lowest BCUT2D eigenvalue weighted by Crippen LogP contribution is -2.15. The molecule has 3 aromatic heterocycles. The van der Waals surface area contributed by atoms with Crippen LogP contribution < -0.4 is 10.1 Å². The molecule has 0 amide bonds. The molecule has 1 aromatic carbocycles. The fraction of sp³-hybridized carbons (Fsp3) is 0.174. The third kappa shape index (κ3) is 4.33. The summed E-state index contributed by atoms with van der Waals surface area (Å²) in [5.74, 6) is 0.849. The highest BCUT2D eigenvalue weighted by atomic mass is 16.5. The molecule has 0 aliphatic rings. The molecule has 2 N–H and O–H groups in total. The second kappa shape index (κ2) is 8.67. The number of rotatable bonds is 7. The van der Waals surface area contributed by atoms with Gasteiger partial charge in [0.25, 0.3) is 0 Å². The molecular formula is C23H23N5O. The topological polar surface area (TPSA) is 75.7 Å². The summed E-state index contributed by atoms with van der Waals surface area (Å²) < 4.78 is 5.69. The molecule has 0 fully saturated rings. The van der Waals surface area contributed by atoms with E-state index in [-0.39, 0.29) is 0 Å². The molecule has 0 atom stereocenters. The van der Waals surface area contributed by atoms with E-state index in [1.165, 1.54) is 0 Å². The van der Waals surface area contributed by atoms with Crippen LogP contribution in [-0.4, -0.2) is 40.4 Å². The molecule has 0 unspecified atom stereocenters. The number of aryl methyl sites for hydroxylation is 1. The van der Waals surface area contributed by atoms with E-state index < -0.39 is 0 Å². The lowest BCUT2D eigenvalue weighted by atomic mass is 10.0. The van der Waals surface area contributed by atoms with Gasteiger partial charge in [0.2, 0.25) is 0 Å². The van der Waals surface area contributed by atoms with Gasteiger partial charge in [-0.3, -0.25) is 15.1 Å². The highest BCUT2D eigenvalue weighted by Gasteiger charge is 2.12. The predicted molar refractivity (Wildman–Crippen MR) is 115 cm³/mol. The van der Waals surface area contributed by atoms with E-state index in [1.54, 1.807) is 0 Å². The first-order chi connectivity index (χ1) is 14.2. The average Bonchev–Trinajstić information content (AvgIpc) is 3.25. The first-order valence-electron chi connectivity index (χ1n) is 9.56. The molecule has 6 heteroatoms. The minimum atomic E-state index is 0.638. The number of aromatic nitrogens is 4. The van der Waals surface area contributed by atoms with Crippen molar-refractivity contribution in [2.75, 3.05) is 20.2 Å². The summed E-state index contributed by atoms with van der Waals surface area (Å²) in [5.41, 5.74) is 6.71. The summed E-state index contributed by atoms with van der Waals surface area (Å²) in [7, 11) is 1.91. The van der Waals surface area contributed by atoms with Crippen molar-refractivity contribution >= 4 is 0 Å². The number of hydrogen-bond acceptors (Lipinski definition) is 5. The second-order valence-electron chi connectivity index (χ2n) is 6.73. The molecule has 0 aliphatic carbocycles. The van der Waals surface area contributed by atoms with Crippen LogP contribution in [0.2, 0.25) is 0 Å². The van der Waals surface area contributed by atoms with Crippen molar-refractivity contribution in [3.8, 4) is 39.5 Å². The zero-order valence-corrected chi connectivity index (χ0v) is 16.5. The third-order valence-electron chi connectivity index (χ3n) is 4.62. The lowest BCUT2D eigenvalue weighted by molar-refractivity contribution is 0.318. The molecule has 29 heavy (non-hydrogen) atoms. The predicted octanol–water partition coefficient (Wildman–Crippen LogP) is 4.11. The van der Waals surface area contributed by atoms with E-state index in [1.807, 2.05) is 74.9 Å². The number of likely N-dealkylation sites (N-methyl/N-ethyl adjacent to an activating group) is 1. The quantitative estimate of drug-likeness (QED) is 0.468. The van der Waals surface area contributed by atoms with Gasteiger partial charge in [-0.25, -0.2) is 0 Å². The molecule has 4 aromatic rings. The Morgan fingerprint density at radius 1 is 1.00 bits per heavy atom. The van der Waals surface area contributed by atoms with Crippen molar-refractivity contribution in [2.24, 2.45) is 0 Å². The minimum Gasteiger partial charge on any atom is -0.492 e. The van der Waals surface area contributed by atoms with Crippen molar-refractivity contribution in [1.29, 1.82) is 0 Å². The maximum atomic E-state index is 5.69. The van der Waals surface area contributed by atoms with Crippen molar-refractivity contribution in [2.45, 2.75) is 6.92 Å². The van der Waals surface area contributed by atoms with Gasteiger partial charge >= 0.3 is 0 Å². The summed E-state index contributed by atoms with van der Waals surface area (Å²) in [6, 6.07) is 18.0. The Balaban J connectivity index is 1.61. The van der Waals surface area contributed by atoms with Gasteiger partial charge in [0.15, 0.2) is 0 Å². The number of hydrogen-bond donors (Lipinski definition) is 2.